The number of anilines is 2. The molecule has 2 N–H and O–H groups in total. The van der Waals surface area contributed by atoms with Gasteiger partial charge < -0.3 is 10.6 Å². The highest BCUT2D eigenvalue weighted by molar-refractivity contribution is 7.17. The van der Waals surface area contributed by atoms with Gasteiger partial charge in [-0.25, -0.2) is 0 Å². The molecule has 2 aliphatic rings. The van der Waals surface area contributed by atoms with Crippen LogP contribution >= 0.6 is 22.7 Å². The molecule has 3 aromatic rings. The number of amides is 2. The Kier molecular flexibility index (Phi) is 7.13. The third-order valence-corrected chi connectivity index (χ3v) is 9.19. The molecule has 0 radical (unpaired) electrons. The Labute approximate surface area is 217 Å². The smallest absolute Gasteiger partial charge is 0.274 e. The molecule has 0 saturated heterocycles. The summed E-state index contributed by atoms with van der Waals surface area (Å²) in [6.07, 6.45) is 11.6. The van der Waals surface area contributed by atoms with Gasteiger partial charge in [-0.3, -0.25) is 14.6 Å². The number of fused-ring (bicyclic) bond motifs is 2. The summed E-state index contributed by atoms with van der Waals surface area (Å²) in [5.74, 6) is -0.778. The van der Waals surface area contributed by atoms with Gasteiger partial charge >= 0.3 is 0 Å². The second-order valence-corrected chi connectivity index (χ2v) is 11.3. The largest absolute Gasteiger partial charge is 0.312 e. The molecule has 3 aromatic heterocycles. The zero-order valence-electron chi connectivity index (χ0n) is 19.8. The second kappa shape index (κ2) is 10.6. The van der Waals surface area contributed by atoms with Crippen LogP contribution in [0, 0.1) is 22.7 Å². The molecule has 0 bridgehead atoms. The minimum atomic E-state index is -0.413. The Morgan fingerprint density at radius 2 is 1.28 bits per heavy atom. The molecule has 182 valence electrons. The van der Waals surface area contributed by atoms with Crippen molar-refractivity contribution >= 4 is 44.5 Å². The molecule has 7 nitrogen and oxygen atoms in total. The van der Waals surface area contributed by atoms with Crippen molar-refractivity contribution in [2.24, 2.45) is 0 Å². The number of rotatable bonds is 4. The normalized spacial score (nSPS) is 14.8. The minimum absolute atomic E-state index is 0.166. The molecular formula is C27H25N5O2S2. The van der Waals surface area contributed by atoms with Crippen molar-refractivity contribution in [2.75, 3.05) is 10.6 Å². The summed E-state index contributed by atoms with van der Waals surface area (Å²) in [6.45, 7) is 0. The average Bonchev–Trinajstić information content (AvgIpc) is 3.14. The highest BCUT2D eigenvalue weighted by Gasteiger charge is 2.23. The van der Waals surface area contributed by atoms with E-state index in [4.69, 9.17) is 0 Å². The molecule has 2 aliphatic carbocycles. The topological polar surface area (TPSA) is 119 Å². The molecule has 9 heteroatoms. The van der Waals surface area contributed by atoms with Crippen molar-refractivity contribution in [3.05, 3.63) is 61.6 Å². The van der Waals surface area contributed by atoms with Crippen molar-refractivity contribution < 1.29 is 9.59 Å². The summed E-state index contributed by atoms with van der Waals surface area (Å²) in [5, 5.41) is 26.3. The van der Waals surface area contributed by atoms with E-state index in [0.29, 0.717) is 26.7 Å². The predicted molar refractivity (Wildman–Crippen MR) is 141 cm³/mol. The Hall–Kier alpha value is -3.53. The first-order chi connectivity index (χ1) is 17.6. The zero-order chi connectivity index (χ0) is 25.1. The first-order valence-electron chi connectivity index (χ1n) is 12.3. The lowest BCUT2D eigenvalue weighted by molar-refractivity contribution is 0.101. The molecule has 0 fully saturated rings. The van der Waals surface area contributed by atoms with Crippen LogP contribution in [0.5, 0.6) is 0 Å². The molecule has 2 amide bonds. The van der Waals surface area contributed by atoms with Crippen LogP contribution in [-0.2, 0) is 25.7 Å². The number of hydrogen-bond donors (Lipinski definition) is 2. The van der Waals surface area contributed by atoms with Gasteiger partial charge in [-0.05, 0) is 74.6 Å². The van der Waals surface area contributed by atoms with Gasteiger partial charge in [-0.1, -0.05) is 12.8 Å². The third kappa shape index (κ3) is 4.77. The van der Waals surface area contributed by atoms with Crippen molar-refractivity contribution in [1.82, 2.24) is 4.98 Å². The molecule has 0 aliphatic heterocycles. The molecule has 36 heavy (non-hydrogen) atoms. The van der Waals surface area contributed by atoms with Gasteiger partial charge in [-0.2, -0.15) is 10.5 Å². The number of nitrogens with zero attached hydrogens (tertiary/aromatic N) is 3. The molecule has 5 rings (SSSR count). The van der Waals surface area contributed by atoms with Crippen molar-refractivity contribution in [2.45, 2.75) is 64.2 Å². The molecule has 0 saturated carbocycles. The lowest BCUT2D eigenvalue weighted by Crippen LogP contribution is -2.16. The standard InChI is InChI=1S/C27H25N5O2S2/c28-13-19-17-7-3-1-5-9-22(17)35-26(19)31-24(33)16-11-12-21(30-15-16)25(34)32-27-20(14-29)18-8-4-2-6-10-23(18)36-27/h11-12,15H,1-10H2,(H,31,33)(H,32,34). The highest BCUT2D eigenvalue weighted by Crippen LogP contribution is 2.38. The van der Waals surface area contributed by atoms with E-state index < -0.39 is 5.91 Å². The van der Waals surface area contributed by atoms with Gasteiger partial charge in [-0.15, -0.1) is 22.7 Å². The fraction of sp³-hybridized carbons (Fsp3) is 0.370. The van der Waals surface area contributed by atoms with Gasteiger partial charge in [0.2, 0.25) is 0 Å². The highest BCUT2D eigenvalue weighted by atomic mass is 32.1. The van der Waals surface area contributed by atoms with E-state index in [1.165, 1.54) is 44.7 Å². The summed E-state index contributed by atoms with van der Waals surface area (Å²) in [4.78, 5) is 32.3. The molecule has 0 atom stereocenters. The number of nitriles is 2. The number of nitrogens with one attached hydrogen (secondary N) is 2. The van der Waals surface area contributed by atoms with E-state index in [0.717, 1.165) is 75.3 Å². The van der Waals surface area contributed by atoms with E-state index in [1.54, 1.807) is 6.07 Å². The molecule has 0 unspecified atom stereocenters. The monoisotopic (exact) mass is 515 g/mol. The summed E-state index contributed by atoms with van der Waals surface area (Å²) < 4.78 is 0. The van der Waals surface area contributed by atoms with E-state index in [1.807, 2.05) is 0 Å². The van der Waals surface area contributed by atoms with E-state index in [-0.39, 0.29) is 11.6 Å². The van der Waals surface area contributed by atoms with Gasteiger partial charge in [0.05, 0.1) is 16.7 Å². The van der Waals surface area contributed by atoms with Crippen molar-refractivity contribution in [1.29, 1.82) is 10.5 Å². The lowest BCUT2D eigenvalue weighted by atomic mass is 10.1. The van der Waals surface area contributed by atoms with Crippen molar-refractivity contribution in [3.63, 3.8) is 0 Å². The first kappa shape index (κ1) is 24.2. The number of thiophene rings is 2. The Balaban J connectivity index is 1.29. The molecular weight excluding hydrogens is 490 g/mol. The third-order valence-electron chi connectivity index (χ3n) is 6.78. The van der Waals surface area contributed by atoms with Crippen LogP contribution in [-0.4, -0.2) is 16.8 Å². The number of carbonyl (C=O) groups is 2. The first-order valence-corrected chi connectivity index (χ1v) is 13.9. The summed E-state index contributed by atoms with van der Waals surface area (Å²) in [7, 11) is 0. The quantitative estimate of drug-likeness (QED) is 0.414. The predicted octanol–water partition coefficient (Wildman–Crippen LogP) is 5.99. The van der Waals surface area contributed by atoms with E-state index in [9.17, 15) is 20.1 Å². The van der Waals surface area contributed by atoms with E-state index >= 15 is 0 Å². The van der Waals surface area contributed by atoms with Crippen LogP contribution in [0.25, 0.3) is 0 Å². The van der Waals surface area contributed by atoms with Crippen LogP contribution in [0.15, 0.2) is 18.3 Å². The number of aromatic nitrogens is 1. The Morgan fingerprint density at radius 1 is 0.750 bits per heavy atom. The second-order valence-electron chi connectivity index (χ2n) is 9.10. The van der Waals surface area contributed by atoms with Crippen LogP contribution in [0.4, 0.5) is 10.0 Å². The SMILES string of the molecule is N#Cc1c(NC(=O)c2ccc(C(=O)Nc3sc4c(c3C#N)CCCCC4)nc2)sc2c1CCCCC2. The van der Waals surface area contributed by atoms with Crippen molar-refractivity contribution in [3.8, 4) is 12.1 Å². The molecule has 0 aromatic carbocycles. The summed E-state index contributed by atoms with van der Waals surface area (Å²) >= 11 is 2.96. The van der Waals surface area contributed by atoms with Gasteiger partial charge in [0, 0.05) is 16.0 Å². The minimum Gasteiger partial charge on any atom is -0.312 e. The average molecular weight is 516 g/mol. The van der Waals surface area contributed by atoms with Gasteiger partial charge in [0.1, 0.15) is 27.8 Å². The number of pyridine rings is 1. The number of hydrogen-bond acceptors (Lipinski definition) is 7. The fourth-order valence-electron chi connectivity index (χ4n) is 4.90. The maximum atomic E-state index is 12.9. The van der Waals surface area contributed by atoms with Crippen LogP contribution in [0.1, 0.15) is 91.4 Å². The Bertz CT molecular complexity index is 1300. The fourth-order valence-corrected chi connectivity index (χ4v) is 7.37. The van der Waals surface area contributed by atoms with Crippen LogP contribution < -0.4 is 10.6 Å². The molecule has 0 spiro atoms. The zero-order valence-corrected chi connectivity index (χ0v) is 21.4. The summed E-state index contributed by atoms with van der Waals surface area (Å²) in [5.41, 5.74) is 3.74. The summed E-state index contributed by atoms with van der Waals surface area (Å²) in [6, 6.07) is 7.59. The Morgan fingerprint density at radius 3 is 1.78 bits per heavy atom. The van der Waals surface area contributed by atoms with Gasteiger partial charge in [0.25, 0.3) is 11.8 Å². The van der Waals surface area contributed by atoms with Crippen LogP contribution in [0.2, 0.25) is 0 Å². The maximum Gasteiger partial charge on any atom is 0.274 e. The number of carbonyl (C=O) groups excluding carboxylic acids is 2. The molecule has 3 heterocycles. The van der Waals surface area contributed by atoms with Gasteiger partial charge in [0.15, 0.2) is 0 Å². The maximum absolute atomic E-state index is 12.9. The van der Waals surface area contributed by atoms with E-state index in [2.05, 4.69) is 27.8 Å². The lowest BCUT2D eigenvalue weighted by Gasteiger charge is -2.06. The number of aryl methyl sites for hydroxylation is 2. The van der Waals surface area contributed by atoms with Crippen LogP contribution in [0.3, 0.4) is 0 Å².